The molecule has 2 N–H and O–H groups in total. The first-order chi connectivity index (χ1) is 14.9. The standard InChI is InChI=1S/C23H24O8/c1-28-19-12-17(13-20(29-2)23(19)27)9-11-22(26)31-15-18(24)14-30-21(25)10-8-16-6-4-3-5-7-16/h3-13,18,24,27H,14-15H2,1-2H3. The summed E-state index contributed by atoms with van der Waals surface area (Å²) in [5.74, 6) is -1.11. The number of rotatable bonds is 10. The highest BCUT2D eigenvalue weighted by Crippen LogP contribution is 2.37. The third kappa shape index (κ3) is 7.87. The number of aromatic hydroxyl groups is 1. The topological polar surface area (TPSA) is 112 Å². The molecule has 1 atom stereocenters. The van der Waals surface area contributed by atoms with Gasteiger partial charge in [-0.3, -0.25) is 0 Å². The second-order valence-corrected chi connectivity index (χ2v) is 6.27. The quantitative estimate of drug-likeness (QED) is 0.439. The zero-order valence-electron chi connectivity index (χ0n) is 17.2. The Morgan fingerprint density at radius 3 is 1.84 bits per heavy atom. The molecule has 0 fully saturated rings. The molecule has 0 aliphatic carbocycles. The molecule has 0 saturated carbocycles. The van der Waals surface area contributed by atoms with Gasteiger partial charge < -0.3 is 29.2 Å². The molecule has 0 bridgehead atoms. The van der Waals surface area contributed by atoms with E-state index in [9.17, 15) is 19.8 Å². The fraction of sp³-hybridized carbons (Fsp3) is 0.217. The number of methoxy groups -OCH3 is 2. The molecule has 0 aromatic heterocycles. The van der Waals surface area contributed by atoms with Crippen molar-refractivity contribution in [2.75, 3.05) is 27.4 Å². The Morgan fingerprint density at radius 2 is 1.35 bits per heavy atom. The minimum Gasteiger partial charge on any atom is -0.502 e. The number of aliphatic hydroxyl groups excluding tert-OH is 1. The van der Waals surface area contributed by atoms with Crippen LogP contribution in [0, 0.1) is 0 Å². The summed E-state index contributed by atoms with van der Waals surface area (Å²) in [5, 5.41) is 19.7. The van der Waals surface area contributed by atoms with Gasteiger partial charge in [0.15, 0.2) is 11.5 Å². The minimum atomic E-state index is -1.17. The highest BCUT2D eigenvalue weighted by Gasteiger charge is 2.12. The molecule has 0 heterocycles. The molecule has 1 unspecified atom stereocenters. The maximum atomic E-state index is 11.8. The predicted molar refractivity (Wildman–Crippen MR) is 114 cm³/mol. The monoisotopic (exact) mass is 428 g/mol. The van der Waals surface area contributed by atoms with Gasteiger partial charge in [0, 0.05) is 12.2 Å². The van der Waals surface area contributed by atoms with E-state index in [1.807, 2.05) is 30.3 Å². The minimum absolute atomic E-state index is 0.152. The molecule has 164 valence electrons. The number of carbonyl (C=O) groups excluding carboxylic acids is 2. The fourth-order valence-electron chi connectivity index (χ4n) is 2.40. The Hall–Kier alpha value is -3.78. The van der Waals surface area contributed by atoms with E-state index >= 15 is 0 Å². The maximum absolute atomic E-state index is 11.8. The Labute approximate surface area is 179 Å². The molecule has 8 nitrogen and oxygen atoms in total. The predicted octanol–water partition coefficient (Wildman–Crippen LogP) is 2.58. The number of benzene rings is 2. The van der Waals surface area contributed by atoms with Crippen molar-refractivity contribution >= 4 is 24.1 Å². The summed E-state index contributed by atoms with van der Waals surface area (Å²) in [4.78, 5) is 23.5. The van der Waals surface area contributed by atoms with E-state index < -0.39 is 18.0 Å². The number of ether oxygens (including phenoxy) is 4. The van der Waals surface area contributed by atoms with Gasteiger partial charge >= 0.3 is 11.9 Å². The Morgan fingerprint density at radius 1 is 0.871 bits per heavy atom. The van der Waals surface area contributed by atoms with Crippen molar-refractivity contribution in [3.63, 3.8) is 0 Å². The molecule has 2 aromatic rings. The van der Waals surface area contributed by atoms with E-state index in [0.717, 1.165) is 11.6 Å². The van der Waals surface area contributed by atoms with Crippen LogP contribution >= 0.6 is 0 Å². The number of hydrogen-bond donors (Lipinski definition) is 2. The summed E-state index contributed by atoms with van der Waals surface area (Å²) in [6.45, 7) is -0.664. The third-order valence-electron chi connectivity index (χ3n) is 3.96. The van der Waals surface area contributed by atoms with Crippen LogP contribution < -0.4 is 9.47 Å². The van der Waals surface area contributed by atoms with Crippen LogP contribution in [-0.4, -0.2) is 55.7 Å². The summed E-state index contributed by atoms with van der Waals surface area (Å²) < 4.78 is 19.9. The smallest absolute Gasteiger partial charge is 0.330 e. The number of phenolic OH excluding ortho intramolecular Hbond substituents is 1. The molecule has 0 spiro atoms. The van der Waals surface area contributed by atoms with Gasteiger partial charge in [-0.05, 0) is 35.4 Å². The van der Waals surface area contributed by atoms with Crippen molar-refractivity contribution in [3.05, 3.63) is 65.7 Å². The molecular weight excluding hydrogens is 404 g/mol. The van der Waals surface area contributed by atoms with E-state index in [0.29, 0.717) is 5.56 Å². The van der Waals surface area contributed by atoms with Gasteiger partial charge in [0.05, 0.1) is 14.2 Å². The lowest BCUT2D eigenvalue weighted by atomic mass is 10.1. The van der Waals surface area contributed by atoms with E-state index in [-0.39, 0.29) is 30.5 Å². The number of esters is 2. The number of phenols is 1. The Kier molecular flexibility index (Phi) is 9.13. The van der Waals surface area contributed by atoms with Crippen LogP contribution in [0.25, 0.3) is 12.2 Å². The average molecular weight is 428 g/mol. The Balaban J connectivity index is 1.78. The molecule has 2 aromatic carbocycles. The van der Waals surface area contributed by atoms with Crippen LogP contribution in [0.5, 0.6) is 17.2 Å². The summed E-state index contributed by atoms with van der Waals surface area (Å²) in [6, 6.07) is 12.2. The summed E-state index contributed by atoms with van der Waals surface area (Å²) in [6.07, 6.45) is 4.25. The molecule has 0 radical (unpaired) electrons. The number of carbonyl (C=O) groups is 2. The van der Waals surface area contributed by atoms with E-state index in [1.165, 1.54) is 38.5 Å². The van der Waals surface area contributed by atoms with E-state index in [1.54, 1.807) is 6.08 Å². The van der Waals surface area contributed by atoms with Gasteiger partial charge in [-0.25, -0.2) is 9.59 Å². The van der Waals surface area contributed by atoms with Crippen LogP contribution in [0.3, 0.4) is 0 Å². The SMILES string of the molecule is COc1cc(C=CC(=O)OCC(O)COC(=O)C=Cc2ccccc2)cc(OC)c1O. The van der Waals surface area contributed by atoms with Crippen molar-refractivity contribution in [2.45, 2.75) is 6.10 Å². The van der Waals surface area contributed by atoms with Crippen LogP contribution in [0.2, 0.25) is 0 Å². The van der Waals surface area contributed by atoms with Crippen molar-refractivity contribution in [2.24, 2.45) is 0 Å². The second-order valence-electron chi connectivity index (χ2n) is 6.27. The van der Waals surface area contributed by atoms with Gasteiger partial charge in [0.1, 0.15) is 19.3 Å². The highest BCUT2D eigenvalue weighted by molar-refractivity contribution is 5.87. The molecule has 0 aliphatic rings. The van der Waals surface area contributed by atoms with Crippen molar-refractivity contribution < 1.29 is 38.7 Å². The third-order valence-corrected chi connectivity index (χ3v) is 3.96. The zero-order valence-corrected chi connectivity index (χ0v) is 17.2. The van der Waals surface area contributed by atoms with Crippen LogP contribution in [0.1, 0.15) is 11.1 Å². The van der Waals surface area contributed by atoms with E-state index in [4.69, 9.17) is 18.9 Å². The van der Waals surface area contributed by atoms with E-state index in [2.05, 4.69) is 0 Å². The average Bonchev–Trinajstić information content (AvgIpc) is 2.79. The number of aliphatic hydroxyl groups is 1. The van der Waals surface area contributed by atoms with Crippen LogP contribution in [0.4, 0.5) is 0 Å². The van der Waals surface area contributed by atoms with Crippen molar-refractivity contribution in [3.8, 4) is 17.2 Å². The molecule has 8 heteroatoms. The zero-order chi connectivity index (χ0) is 22.6. The lowest BCUT2D eigenvalue weighted by molar-refractivity contribution is -0.146. The highest BCUT2D eigenvalue weighted by atomic mass is 16.6. The lowest BCUT2D eigenvalue weighted by Gasteiger charge is -2.10. The summed E-state index contributed by atoms with van der Waals surface area (Å²) >= 11 is 0. The first-order valence-electron chi connectivity index (χ1n) is 9.30. The lowest BCUT2D eigenvalue weighted by Crippen LogP contribution is -2.24. The molecule has 0 amide bonds. The van der Waals surface area contributed by atoms with Gasteiger partial charge in [-0.15, -0.1) is 0 Å². The molecular formula is C23H24O8. The largest absolute Gasteiger partial charge is 0.502 e. The first-order valence-corrected chi connectivity index (χ1v) is 9.30. The summed E-state index contributed by atoms with van der Waals surface area (Å²) in [7, 11) is 2.78. The van der Waals surface area contributed by atoms with Gasteiger partial charge in [-0.2, -0.15) is 0 Å². The summed E-state index contributed by atoms with van der Waals surface area (Å²) in [5.41, 5.74) is 1.37. The number of hydrogen-bond acceptors (Lipinski definition) is 8. The van der Waals surface area contributed by atoms with Crippen molar-refractivity contribution in [1.29, 1.82) is 0 Å². The maximum Gasteiger partial charge on any atom is 0.330 e. The fourth-order valence-corrected chi connectivity index (χ4v) is 2.40. The first kappa shape index (κ1) is 23.5. The molecule has 0 saturated heterocycles. The normalized spacial score (nSPS) is 12.0. The Bertz CT molecular complexity index is 909. The van der Waals surface area contributed by atoms with Crippen LogP contribution in [0.15, 0.2) is 54.6 Å². The second kappa shape index (κ2) is 12.0. The van der Waals surface area contributed by atoms with Crippen molar-refractivity contribution in [1.82, 2.24) is 0 Å². The van der Waals surface area contributed by atoms with Gasteiger partial charge in [-0.1, -0.05) is 30.3 Å². The molecule has 0 aliphatic heterocycles. The van der Waals surface area contributed by atoms with Gasteiger partial charge in [0.25, 0.3) is 0 Å². The molecule has 31 heavy (non-hydrogen) atoms. The van der Waals surface area contributed by atoms with Gasteiger partial charge in [0.2, 0.25) is 5.75 Å². The molecule has 2 rings (SSSR count). The van der Waals surface area contributed by atoms with Crippen LogP contribution in [-0.2, 0) is 19.1 Å².